The minimum atomic E-state index is 0.193. The van der Waals surface area contributed by atoms with Crippen LogP contribution in [-0.2, 0) is 0 Å². The summed E-state index contributed by atoms with van der Waals surface area (Å²) in [5.74, 6) is 0. The zero-order chi connectivity index (χ0) is 9.40. The van der Waals surface area contributed by atoms with Crippen molar-refractivity contribution < 1.29 is 0 Å². The first-order valence-corrected chi connectivity index (χ1v) is 3.35. The summed E-state index contributed by atoms with van der Waals surface area (Å²) in [6.45, 7) is 1.83. The topological polar surface area (TPSA) is 73.6 Å². The molecule has 0 saturated heterocycles. The summed E-state index contributed by atoms with van der Waals surface area (Å²) < 4.78 is 0. The van der Waals surface area contributed by atoms with Crippen molar-refractivity contribution in [1.82, 2.24) is 0 Å². The Labute approximate surface area is 71.7 Å². The van der Waals surface area contributed by atoms with E-state index in [2.05, 4.69) is 0 Å². The van der Waals surface area contributed by atoms with Crippen LogP contribution in [0.2, 0.25) is 0 Å². The van der Waals surface area contributed by atoms with E-state index in [1.807, 2.05) is 13.0 Å². The fourth-order valence-corrected chi connectivity index (χ4v) is 0.538. The van der Waals surface area contributed by atoms with E-state index in [9.17, 15) is 0 Å². The summed E-state index contributed by atoms with van der Waals surface area (Å²) in [4.78, 5) is 0. The average molecular weight is 159 g/mol. The first kappa shape index (κ1) is 10.0. The van der Waals surface area contributed by atoms with Crippen LogP contribution in [0, 0.1) is 22.7 Å². The molecule has 0 bridgehead atoms. The van der Waals surface area contributed by atoms with E-state index in [1.54, 1.807) is 24.3 Å². The first-order chi connectivity index (χ1) is 5.76. The molecule has 0 fully saturated rings. The largest absolute Gasteiger partial charge is 0.397 e. The molecule has 0 aromatic heterocycles. The van der Waals surface area contributed by atoms with Crippen LogP contribution < -0.4 is 5.73 Å². The summed E-state index contributed by atoms with van der Waals surface area (Å²) in [6, 6.07) is 3.64. The van der Waals surface area contributed by atoms with Gasteiger partial charge in [-0.25, -0.2) is 0 Å². The number of nitrogens with two attached hydrogens (primary N) is 1. The molecule has 0 heterocycles. The van der Waals surface area contributed by atoms with Crippen LogP contribution in [0.15, 0.2) is 35.6 Å². The summed E-state index contributed by atoms with van der Waals surface area (Å²) in [5, 5.41) is 16.8. The van der Waals surface area contributed by atoms with Gasteiger partial charge in [-0.2, -0.15) is 10.5 Å². The van der Waals surface area contributed by atoms with Gasteiger partial charge in [0.25, 0.3) is 0 Å². The molecule has 3 nitrogen and oxygen atoms in total. The molecule has 0 aromatic rings. The van der Waals surface area contributed by atoms with Gasteiger partial charge in [-0.3, -0.25) is 0 Å². The van der Waals surface area contributed by atoms with Gasteiger partial charge in [-0.1, -0.05) is 12.2 Å². The third kappa shape index (κ3) is 3.24. The molecule has 0 spiro atoms. The van der Waals surface area contributed by atoms with E-state index >= 15 is 0 Å². The number of nitrogens with zero attached hydrogens (tertiary/aromatic N) is 2. The van der Waals surface area contributed by atoms with Crippen LogP contribution in [0.4, 0.5) is 0 Å². The Hall–Kier alpha value is -2.00. The van der Waals surface area contributed by atoms with Gasteiger partial charge in [0, 0.05) is 6.08 Å². The molecule has 0 aliphatic rings. The van der Waals surface area contributed by atoms with Crippen LogP contribution in [0.3, 0.4) is 0 Å². The second-order valence-corrected chi connectivity index (χ2v) is 1.95. The van der Waals surface area contributed by atoms with Gasteiger partial charge in [0.2, 0.25) is 0 Å². The Morgan fingerprint density at radius 2 is 2.08 bits per heavy atom. The SMILES string of the molecule is C\C=C/C=C(C#N)\C(N)=C\C#N. The molecule has 0 atom stereocenters. The number of hydrogen-bond acceptors (Lipinski definition) is 3. The minimum absolute atomic E-state index is 0.193. The third-order valence-corrected chi connectivity index (χ3v) is 1.11. The predicted octanol–water partition coefficient (Wildman–Crippen LogP) is 1.38. The van der Waals surface area contributed by atoms with Gasteiger partial charge in [0.15, 0.2) is 0 Å². The molecule has 60 valence electrons. The first-order valence-electron chi connectivity index (χ1n) is 3.35. The third-order valence-electron chi connectivity index (χ3n) is 1.11. The van der Waals surface area contributed by atoms with Crippen molar-refractivity contribution in [2.24, 2.45) is 5.73 Å². The molecular weight excluding hydrogens is 150 g/mol. The van der Waals surface area contributed by atoms with Gasteiger partial charge >= 0.3 is 0 Å². The maximum absolute atomic E-state index is 8.57. The molecule has 0 aliphatic heterocycles. The van der Waals surface area contributed by atoms with Crippen molar-refractivity contribution in [1.29, 1.82) is 10.5 Å². The van der Waals surface area contributed by atoms with E-state index in [0.29, 0.717) is 5.57 Å². The second kappa shape index (κ2) is 5.76. The highest BCUT2D eigenvalue weighted by Crippen LogP contribution is 2.01. The fourth-order valence-electron chi connectivity index (χ4n) is 0.538. The summed E-state index contributed by atoms with van der Waals surface area (Å²) in [7, 11) is 0. The summed E-state index contributed by atoms with van der Waals surface area (Å²) >= 11 is 0. The van der Waals surface area contributed by atoms with Gasteiger partial charge in [0.05, 0.1) is 17.3 Å². The van der Waals surface area contributed by atoms with Crippen LogP contribution >= 0.6 is 0 Å². The van der Waals surface area contributed by atoms with E-state index in [0.717, 1.165) is 6.08 Å². The molecule has 0 amide bonds. The molecule has 0 unspecified atom stereocenters. The van der Waals surface area contributed by atoms with Crippen LogP contribution in [0.1, 0.15) is 6.92 Å². The summed E-state index contributed by atoms with van der Waals surface area (Å²) in [5.41, 5.74) is 5.89. The molecule has 0 aliphatic carbocycles. The molecule has 0 radical (unpaired) electrons. The lowest BCUT2D eigenvalue weighted by Crippen LogP contribution is -1.98. The normalized spacial score (nSPS) is 12.6. The van der Waals surface area contributed by atoms with Crippen molar-refractivity contribution in [3.63, 3.8) is 0 Å². The van der Waals surface area contributed by atoms with Crippen LogP contribution in [-0.4, -0.2) is 0 Å². The lowest BCUT2D eigenvalue weighted by Gasteiger charge is -1.92. The zero-order valence-electron chi connectivity index (χ0n) is 6.78. The van der Waals surface area contributed by atoms with Crippen LogP contribution in [0.25, 0.3) is 0 Å². The molecule has 0 rings (SSSR count). The van der Waals surface area contributed by atoms with E-state index < -0.39 is 0 Å². The van der Waals surface area contributed by atoms with E-state index in [1.165, 1.54) is 0 Å². The van der Waals surface area contributed by atoms with Crippen molar-refractivity contribution >= 4 is 0 Å². The van der Waals surface area contributed by atoms with Gasteiger partial charge in [-0.15, -0.1) is 0 Å². The lowest BCUT2D eigenvalue weighted by molar-refractivity contribution is 1.34. The maximum atomic E-state index is 8.57. The van der Waals surface area contributed by atoms with Crippen molar-refractivity contribution in [3.8, 4) is 12.1 Å². The second-order valence-electron chi connectivity index (χ2n) is 1.95. The number of rotatable bonds is 2. The van der Waals surface area contributed by atoms with Gasteiger partial charge in [0.1, 0.15) is 6.07 Å². The highest BCUT2D eigenvalue weighted by Gasteiger charge is 1.95. The zero-order valence-corrected chi connectivity index (χ0v) is 6.78. The maximum Gasteiger partial charge on any atom is 0.101 e. The number of nitriles is 2. The van der Waals surface area contributed by atoms with E-state index in [-0.39, 0.29) is 5.70 Å². The standard InChI is InChI=1S/C9H9N3/c1-2-3-4-8(7-11)9(12)5-6-10/h2-5H,12H2,1H3/b3-2-,8-4-,9-5-. The quantitative estimate of drug-likeness (QED) is 0.488. The fraction of sp³-hybridized carbons (Fsp3) is 0.111. The Kier molecular flexibility index (Phi) is 4.80. The molecule has 0 saturated carbocycles. The number of allylic oxidation sites excluding steroid dienone is 5. The predicted molar refractivity (Wildman–Crippen MR) is 46.4 cm³/mol. The number of hydrogen-bond donors (Lipinski definition) is 1. The molecule has 3 heteroatoms. The van der Waals surface area contributed by atoms with Crippen LogP contribution in [0.5, 0.6) is 0 Å². The van der Waals surface area contributed by atoms with Gasteiger partial charge < -0.3 is 5.73 Å². The smallest absolute Gasteiger partial charge is 0.101 e. The minimum Gasteiger partial charge on any atom is -0.397 e. The Balaban J connectivity index is 4.73. The van der Waals surface area contributed by atoms with Crippen molar-refractivity contribution in [2.45, 2.75) is 6.92 Å². The Morgan fingerprint density at radius 3 is 2.50 bits per heavy atom. The van der Waals surface area contributed by atoms with E-state index in [4.69, 9.17) is 16.3 Å². The molecule has 12 heavy (non-hydrogen) atoms. The highest BCUT2D eigenvalue weighted by molar-refractivity contribution is 5.43. The lowest BCUT2D eigenvalue weighted by atomic mass is 10.2. The Morgan fingerprint density at radius 1 is 1.42 bits per heavy atom. The van der Waals surface area contributed by atoms with Crippen molar-refractivity contribution in [3.05, 3.63) is 35.6 Å². The average Bonchev–Trinajstić information content (AvgIpc) is 2.06. The Bertz CT molecular complexity index is 308. The molecule has 0 aromatic carbocycles. The molecular formula is C9H9N3. The van der Waals surface area contributed by atoms with Crippen molar-refractivity contribution in [2.75, 3.05) is 0 Å². The molecule has 2 N–H and O–H groups in total. The van der Waals surface area contributed by atoms with Gasteiger partial charge in [-0.05, 0) is 13.0 Å². The monoisotopic (exact) mass is 159 g/mol. The highest BCUT2D eigenvalue weighted by atomic mass is 14.6. The summed E-state index contributed by atoms with van der Waals surface area (Å²) in [6.07, 6.45) is 6.16.